The minimum atomic E-state index is -0.976. The molecule has 0 unspecified atom stereocenters. The summed E-state index contributed by atoms with van der Waals surface area (Å²) in [6, 6.07) is 29.2. The summed E-state index contributed by atoms with van der Waals surface area (Å²) in [5, 5.41) is 18.7. The standard InChI is InChI=1S/2C17H18O3/c1-12(2)14-9-7-13(8-10-14)11-20-16-6-4-3-5-15(16)17(18)19;1-12(2)14-9-7-13(8-10-14)11-20-17(19)15-5-3-4-6-16(15)18/h3-10,12H,11H2,1-2H3,(H,18,19);3-10,12,18H,11H2,1-2H3. The molecule has 0 saturated carbocycles. The summed E-state index contributed by atoms with van der Waals surface area (Å²) in [5.41, 5.74) is 4.85. The molecule has 6 heteroatoms. The van der Waals surface area contributed by atoms with Gasteiger partial charge in [0.25, 0.3) is 0 Å². The number of carboxylic acids is 1. The number of carbonyl (C=O) groups is 2. The van der Waals surface area contributed by atoms with Crippen molar-refractivity contribution in [2.75, 3.05) is 0 Å². The van der Waals surface area contributed by atoms with Crippen LogP contribution in [0.4, 0.5) is 0 Å². The van der Waals surface area contributed by atoms with Gasteiger partial charge in [0.1, 0.15) is 35.8 Å². The normalized spacial score (nSPS) is 10.6. The molecular weight excluding hydrogens is 504 g/mol. The first-order chi connectivity index (χ1) is 19.2. The number of aromatic hydroxyl groups is 1. The molecule has 0 saturated heterocycles. The summed E-state index contributed by atoms with van der Waals surface area (Å²) in [5.74, 6) is -0.182. The molecule has 0 aromatic heterocycles. The second-order valence-corrected chi connectivity index (χ2v) is 9.98. The number of phenols is 1. The first-order valence-corrected chi connectivity index (χ1v) is 13.2. The lowest BCUT2D eigenvalue weighted by Gasteiger charge is -2.10. The highest BCUT2D eigenvalue weighted by Crippen LogP contribution is 2.21. The molecule has 4 aromatic carbocycles. The number of benzene rings is 4. The van der Waals surface area contributed by atoms with Crippen LogP contribution >= 0.6 is 0 Å². The van der Waals surface area contributed by atoms with Crippen LogP contribution in [0.25, 0.3) is 0 Å². The molecule has 0 aliphatic heterocycles. The van der Waals surface area contributed by atoms with Gasteiger partial charge in [-0.1, -0.05) is 100 Å². The van der Waals surface area contributed by atoms with E-state index < -0.39 is 11.9 Å². The second-order valence-electron chi connectivity index (χ2n) is 9.98. The van der Waals surface area contributed by atoms with E-state index in [9.17, 15) is 14.7 Å². The number of rotatable bonds is 9. The second kappa shape index (κ2) is 14.5. The monoisotopic (exact) mass is 540 g/mol. The summed E-state index contributed by atoms with van der Waals surface area (Å²) in [7, 11) is 0. The molecule has 0 heterocycles. The number of aromatic carboxylic acids is 1. The Morgan fingerprint density at radius 2 is 1.12 bits per heavy atom. The predicted octanol–water partition coefficient (Wildman–Crippen LogP) is 7.96. The molecule has 0 aliphatic rings. The van der Waals surface area contributed by atoms with Crippen molar-refractivity contribution in [3.8, 4) is 11.5 Å². The van der Waals surface area contributed by atoms with Crippen molar-refractivity contribution in [1.82, 2.24) is 0 Å². The van der Waals surface area contributed by atoms with Gasteiger partial charge in [-0.25, -0.2) is 9.59 Å². The van der Waals surface area contributed by atoms with Crippen LogP contribution in [0.1, 0.15) is 82.5 Å². The maximum absolute atomic E-state index is 11.8. The molecule has 6 nitrogen and oxygen atoms in total. The van der Waals surface area contributed by atoms with Crippen LogP contribution in [0.5, 0.6) is 11.5 Å². The third-order valence-corrected chi connectivity index (χ3v) is 6.30. The Kier molecular flexibility index (Phi) is 10.9. The summed E-state index contributed by atoms with van der Waals surface area (Å²) in [6.45, 7) is 9.12. The van der Waals surface area contributed by atoms with E-state index in [1.54, 1.807) is 42.5 Å². The molecule has 4 aromatic rings. The van der Waals surface area contributed by atoms with Crippen molar-refractivity contribution in [1.29, 1.82) is 0 Å². The van der Waals surface area contributed by atoms with Crippen LogP contribution in [-0.2, 0) is 18.0 Å². The van der Waals surface area contributed by atoms with Gasteiger partial charge in [-0.2, -0.15) is 0 Å². The Bertz CT molecular complexity index is 1390. The quantitative estimate of drug-likeness (QED) is 0.209. The van der Waals surface area contributed by atoms with E-state index in [0.29, 0.717) is 24.2 Å². The fraction of sp³-hybridized carbons (Fsp3) is 0.235. The van der Waals surface area contributed by atoms with E-state index in [1.165, 1.54) is 17.2 Å². The fourth-order valence-electron chi connectivity index (χ4n) is 3.80. The highest BCUT2D eigenvalue weighted by molar-refractivity contribution is 5.92. The van der Waals surface area contributed by atoms with Gasteiger partial charge in [0, 0.05) is 0 Å². The lowest BCUT2D eigenvalue weighted by Crippen LogP contribution is -2.05. The molecule has 4 rings (SSSR count). The number of phenolic OH excluding ortho intramolecular Hbond substituents is 1. The van der Waals surface area contributed by atoms with Crippen LogP contribution in [-0.4, -0.2) is 22.2 Å². The lowest BCUT2D eigenvalue weighted by atomic mass is 10.0. The fourth-order valence-corrected chi connectivity index (χ4v) is 3.80. The van der Waals surface area contributed by atoms with Gasteiger partial charge in [-0.15, -0.1) is 0 Å². The van der Waals surface area contributed by atoms with E-state index in [1.807, 2.05) is 36.4 Å². The average molecular weight is 541 g/mol. The van der Waals surface area contributed by atoms with Gasteiger partial charge in [0.2, 0.25) is 0 Å². The number of para-hydroxylation sites is 2. The zero-order valence-corrected chi connectivity index (χ0v) is 23.3. The van der Waals surface area contributed by atoms with Gasteiger partial charge in [0.05, 0.1) is 0 Å². The molecule has 0 spiro atoms. The number of carbonyl (C=O) groups excluding carboxylic acids is 1. The smallest absolute Gasteiger partial charge is 0.342 e. The maximum atomic E-state index is 11.8. The zero-order chi connectivity index (χ0) is 29.1. The third kappa shape index (κ3) is 8.73. The summed E-state index contributed by atoms with van der Waals surface area (Å²) < 4.78 is 10.8. The van der Waals surface area contributed by atoms with Crippen molar-refractivity contribution < 1.29 is 29.3 Å². The van der Waals surface area contributed by atoms with Crippen LogP contribution in [0.15, 0.2) is 97.1 Å². The van der Waals surface area contributed by atoms with Gasteiger partial charge >= 0.3 is 11.9 Å². The highest BCUT2D eigenvalue weighted by Gasteiger charge is 2.12. The molecule has 2 N–H and O–H groups in total. The largest absolute Gasteiger partial charge is 0.507 e. The summed E-state index contributed by atoms with van der Waals surface area (Å²) in [6.07, 6.45) is 0. The van der Waals surface area contributed by atoms with Crippen LogP contribution < -0.4 is 4.74 Å². The Morgan fingerprint density at radius 3 is 1.62 bits per heavy atom. The van der Waals surface area contributed by atoms with E-state index in [0.717, 1.165) is 11.1 Å². The van der Waals surface area contributed by atoms with Crippen molar-refractivity contribution in [2.45, 2.75) is 52.7 Å². The number of ether oxygens (including phenoxy) is 2. The number of hydrogen-bond donors (Lipinski definition) is 2. The Balaban J connectivity index is 0.000000220. The van der Waals surface area contributed by atoms with Gasteiger partial charge in [-0.3, -0.25) is 0 Å². The molecule has 0 radical (unpaired) electrons. The molecule has 208 valence electrons. The third-order valence-electron chi connectivity index (χ3n) is 6.30. The molecule has 0 bridgehead atoms. The van der Waals surface area contributed by atoms with Crippen molar-refractivity contribution in [3.63, 3.8) is 0 Å². The SMILES string of the molecule is CC(C)c1ccc(COC(=O)c2ccccc2O)cc1.CC(C)c1ccc(COc2ccccc2C(=O)O)cc1. The van der Waals surface area contributed by atoms with Crippen LogP contribution in [0.3, 0.4) is 0 Å². The van der Waals surface area contributed by atoms with Crippen molar-refractivity contribution in [2.24, 2.45) is 0 Å². The average Bonchev–Trinajstić information content (AvgIpc) is 2.96. The number of carboxylic acid groups (broad SMARTS) is 1. The summed E-state index contributed by atoms with van der Waals surface area (Å²) >= 11 is 0. The van der Waals surface area contributed by atoms with E-state index in [4.69, 9.17) is 14.6 Å². The minimum absolute atomic E-state index is 0.0624. The van der Waals surface area contributed by atoms with Gasteiger partial charge < -0.3 is 19.7 Å². The predicted molar refractivity (Wildman–Crippen MR) is 156 cm³/mol. The van der Waals surface area contributed by atoms with Gasteiger partial charge in [-0.05, 0) is 58.4 Å². The maximum Gasteiger partial charge on any atom is 0.342 e. The van der Waals surface area contributed by atoms with Crippen molar-refractivity contribution in [3.05, 3.63) is 130 Å². The Labute approximate surface area is 235 Å². The molecule has 0 aliphatic carbocycles. The molecule has 0 amide bonds. The van der Waals surface area contributed by atoms with E-state index in [-0.39, 0.29) is 23.5 Å². The lowest BCUT2D eigenvalue weighted by molar-refractivity contribution is 0.0469. The minimum Gasteiger partial charge on any atom is -0.507 e. The highest BCUT2D eigenvalue weighted by atomic mass is 16.5. The van der Waals surface area contributed by atoms with Crippen molar-refractivity contribution >= 4 is 11.9 Å². The molecule has 40 heavy (non-hydrogen) atoms. The number of hydrogen-bond acceptors (Lipinski definition) is 5. The first-order valence-electron chi connectivity index (χ1n) is 13.2. The zero-order valence-electron chi connectivity index (χ0n) is 23.3. The van der Waals surface area contributed by atoms with E-state index >= 15 is 0 Å². The number of esters is 1. The van der Waals surface area contributed by atoms with Crippen LogP contribution in [0.2, 0.25) is 0 Å². The molecular formula is C34H36O6. The Hall–Kier alpha value is -4.58. The van der Waals surface area contributed by atoms with Gasteiger partial charge in [0.15, 0.2) is 0 Å². The topological polar surface area (TPSA) is 93.1 Å². The van der Waals surface area contributed by atoms with E-state index in [2.05, 4.69) is 39.8 Å². The molecule has 0 atom stereocenters. The van der Waals surface area contributed by atoms with Crippen LogP contribution in [0, 0.1) is 0 Å². The Morgan fingerprint density at radius 1 is 0.650 bits per heavy atom. The first kappa shape index (κ1) is 30.0. The molecule has 0 fully saturated rings. The summed E-state index contributed by atoms with van der Waals surface area (Å²) in [4.78, 5) is 22.9.